The summed E-state index contributed by atoms with van der Waals surface area (Å²) in [5, 5.41) is 3.45. The molecule has 5 heteroatoms. The Bertz CT molecular complexity index is 761. The first-order valence-electron chi connectivity index (χ1n) is 9.38. The van der Waals surface area contributed by atoms with Gasteiger partial charge in [0, 0.05) is 29.9 Å². The Hall–Kier alpha value is -2.40. The number of ether oxygens (including phenoxy) is 1. The van der Waals surface area contributed by atoms with E-state index in [1.807, 2.05) is 43.3 Å². The summed E-state index contributed by atoms with van der Waals surface area (Å²) in [7, 11) is 0. The molecule has 1 aromatic heterocycles. The summed E-state index contributed by atoms with van der Waals surface area (Å²) in [4.78, 5) is 19.5. The van der Waals surface area contributed by atoms with E-state index in [0.29, 0.717) is 18.7 Å². The molecule has 0 radical (unpaired) electrons. The van der Waals surface area contributed by atoms with E-state index < -0.39 is 0 Å². The Labute approximate surface area is 154 Å². The molecule has 2 bridgehead atoms. The van der Waals surface area contributed by atoms with Crippen molar-refractivity contribution in [2.75, 3.05) is 13.1 Å². The Kier molecular flexibility index (Phi) is 4.89. The van der Waals surface area contributed by atoms with Crippen LogP contribution in [0.2, 0.25) is 0 Å². The molecule has 3 heterocycles. The van der Waals surface area contributed by atoms with E-state index in [9.17, 15) is 4.79 Å². The molecule has 2 fully saturated rings. The van der Waals surface area contributed by atoms with Gasteiger partial charge in [-0.05, 0) is 62.6 Å². The first-order chi connectivity index (χ1) is 12.7. The molecule has 2 aromatic rings. The van der Waals surface area contributed by atoms with Crippen molar-refractivity contribution in [3.8, 4) is 5.75 Å². The molecule has 2 aliphatic rings. The standard InChI is InChI=1S/C21H25N3O2/c1-15-5-8-20(13-23-15)26-14-16-3-2-4-17(11-16)21(25)24-18-6-7-19(24)12-22-10-9-18/h2-5,8,11,13,18-19,22H,6-7,9-10,12,14H2,1H3. The average molecular weight is 351 g/mol. The highest BCUT2D eigenvalue weighted by Crippen LogP contribution is 2.29. The Morgan fingerprint density at radius 2 is 2.12 bits per heavy atom. The van der Waals surface area contributed by atoms with Crippen molar-refractivity contribution < 1.29 is 9.53 Å². The molecule has 1 N–H and O–H groups in total. The van der Waals surface area contributed by atoms with Crippen LogP contribution < -0.4 is 10.1 Å². The second-order valence-corrected chi connectivity index (χ2v) is 7.21. The first kappa shape index (κ1) is 17.0. The van der Waals surface area contributed by atoms with Crippen molar-refractivity contribution in [3.05, 3.63) is 59.4 Å². The van der Waals surface area contributed by atoms with Gasteiger partial charge in [0.1, 0.15) is 12.4 Å². The molecule has 2 atom stereocenters. The Morgan fingerprint density at radius 3 is 2.96 bits per heavy atom. The number of pyridine rings is 1. The molecule has 1 aromatic carbocycles. The third kappa shape index (κ3) is 3.58. The second-order valence-electron chi connectivity index (χ2n) is 7.21. The van der Waals surface area contributed by atoms with E-state index >= 15 is 0 Å². The normalized spacial score (nSPS) is 22.1. The summed E-state index contributed by atoms with van der Waals surface area (Å²) in [5.74, 6) is 0.893. The maximum absolute atomic E-state index is 13.1. The van der Waals surface area contributed by atoms with E-state index in [4.69, 9.17) is 4.74 Å². The molecule has 0 aliphatic carbocycles. The zero-order valence-corrected chi connectivity index (χ0v) is 15.1. The van der Waals surface area contributed by atoms with Crippen molar-refractivity contribution in [1.82, 2.24) is 15.2 Å². The number of fused-ring (bicyclic) bond motifs is 2. The van der Waals surface area contributed by atoms with Crippen molar-refractivity contribution in [2.24, 2.45) is 0 Å². The molecule has 136 valence electrons. The number of benzene rings is 1. The average Bonchev–Trinajstić information content (AvgIpc) is 2.93. The number of aromatic nitrogens is 1. The van der Waals surface area contributed by atoms with Gasteiger partial charge in [0.25, 0.3) is 5.91 Å². The van der Waals surface area contributed by atoms with Crippen LogP contribution in [0.5, 0.6) is 5.75 Å². The van der Waals surface area contributed by atoms with Gasteiger partial charge >= 0.3 is 0 Å². The smallest absolute Gasteiger partial charge is 0.254 e. The summed E-state index contributed by atoms with van der Waals surface area (Å²) in [6.45, 7) is 4.29. The van der Waals surface area contributed by atoms with E-state index in [2.05, 4.69) is 15.2 Å². The van der Waals surface area contributed by atoms with E-state index in [1.54, 1.807) is 6.20 Å². The number of carbonyl (C=O) groups excluding carboxylic acids is 1. The molecule has 5 nitrogen and oxygen atoms in total. The van der Waals surface area contributed by atoms with Gasteiger partial charge in [-0.25, -0.2) is 0 Å². The lowest BCUT2D eigenvalue weighted by Gasteiger charge is -2.28. The van der Waals surface area contributed by atoms with Crippen LogP contribution in [-0.4, -0.2) is 41.0 Å². The van der Waals surface area contributed by atoms with Crippen molar-refractivity contribution in [1.29, 1.82) is 0 Å². The third-order valence-electron chi connectivity index (χ3n) is 5.35. The largest absolute Gasteiger partial charge is 0.487 e. The number of nitrogens with one attached hydrogen (secondary N) is 1. The Morgan fingerprint density at radius 1 is 1.23 bits per heavy atom. The topological polar surface area (TPSA) is 54.5 Å². The van der Waals surface area contributed by atoms with Gasteiger partial charge in [0.05, 0.1) is 6.20 Å². The molecular weight excluding hydrogens is 326 g/mol. The highest BCUT2D eigenvalue weighted by Gasteiger charge is 2.38. The number of hydrogen-bond acceptors (Lipinski definition) is 4. The SMILES string of the molecule is Cc1ccc(OCc2cccc(C(=O)N3C4CCNCC3CC4)c2)cn1. The molecule has 26 heavy (non-hydrogen) atoms. The van der Waals surface area contributed by atoms with Gasteiger partial charge in [-0.15, -0.1) is 0 Å². The molecule has 2 saturated heterocycles. The summed E-state index contributed by atoms with van der Waals surface area (Å²) < 4.78 is 5.80. The third-order valence-corrected chi connectivity index (χ3v) is 5.35. The Balaban J connectivity index is 1.46. The summed E-state index contributed by atoms with van der Waals surface area (Å²) in [6, 6.07) is 12.4. The van der Waals surface area contributed by atoms with Crippen LogP contribution in [0.15, 0.2) is 42.6 Å². The molecule has 0 spiro atoms. The first-order valence-corrected chi connectivity index (χ1v) is 9.38. The predicted octanol–water partition coefficient (Wildman–Crippen LogP) is 2.94. The van der Waals surface area contributed by atoms with E-state index in [1.165, 1.54) is 0 Å². The number of nitrogens with zero attached hydrogens (tertiary/aromatic N) is 2. The quantitative estimate of drug-likeness (QED) is 0.920. The summed E-state index contributed by atoms with van der Waals surface area (Å²) in [5.41, 5.74) is 2.72. The van der Waals surface area contributed by atoms with Crippen molar-refractivity contribution >= 4 is 5.91 Å². The second kappa shape index (κ2) is 7.46. The van der Waals surface area contributed by atoms with Gasteiger partial charge in [-0.2, -0.15) is 0 Å². The van der Waals surface area contributed by atoms with Crippen LogP contribution in [0, 0.1) is 6.92 Å². The fourth-order valence-electron chi connectivity index (χ4n) is 3.96. The molecule has 0 saturated carbocycles. The minimum Gasteiger partial charge on any atom is -0.487 e. The number of amides is 1. The number of aryl methyl sites for hydroxylation is 1. The van der Waals surface area contributed by atoms with Crippen LogP contribution in [0.1, 0.15) is 40.9 Å². The molecule has 2 aliphatic heterocycles. The fraction of sp³-hybridized carbons (Fsp3) is 0.429. The number of hydrogen-bond donors (Lipinski definition) is 1. The van der Waals surface area contributed by atoms with Gasteiger partial charge in [-0.3, -0.25) is 9.78 Å². The zero-order chi connectivity index (χ0) is 17.9. The van der Waals surface area contributed by atoms with Gasteiger partial charge < -0.3 is 15.0 Å². The van der Waals surface area contributed by atoms with Gasteiger partial charge in [0.2, 0.25) is 0 Å². The monoisotopic (exact) mass is 351 g/mol. The molecular formula is C21H25N3O2. The predicted molar refractivity (Wildman–Crippen MR) is 100 cm³/mol. The number of carbonyl (C=O) groups is 1. The van der Waals surface area contributed by atoms with E-state index in [0.717, 1.165) is 54.9 Å². The lowest BCUT2D eigenvalue weighted by Crippen LogP contribution is -2.42. The van der Waals surface area contributed by atoms with Crippen LogP contribution in [0.25, 0.3) is 0 Å². The van der Waals surface area contributed by atoms with Crippen LogP contribution in [0.4, 0.5) is 0 Å². The summed E-state index contributed by atoms with van der Waals surface area (Å²) >= 11 is 0. The van der Waals surface area contributed by atoms with Crippen molar-refractivity contribution in [3.63, 3.8) is 0 Å². The molecule has 2 unspecified atom stereocenters. The fourth-order valence-corrected chi connectivity index (χ4v) is 3.96. The maximum Gasteiger partial charge on any atom is 0.254 e. The lowest BCUT2D eigenvalue weighted by molar-refractivity contribution is 0.0680. The van der Waals surface area contributed by atoms with Crippen molar-refractivity contribution in [2.45, 2.75) is 44.9 Å². The lowest BCUT2D eigenvalue weighted by atomic mass is 10.1. The minimum atomic E-state index is 0.153. The van der Waals surface area contributed by atoms with E-state index in [-0.39, 0.29) is 5.91 Å². The van der Waals surface area contributed by atoms with Gasteiger partial charge in [-0.1, -0.05) is 12.1 Å². The minimum absolute atomic E-state index is 0.153. The molecule has 1 amide bonds. The summed E-state index contributed by atoms with van der Waals surface area (Å²) in [6.07, 6.45) is 5.01. The zero-order valence-electron chi connectivity index (χ0n) is 15.1. The van der Waals surface area contributed by atoms with Crippen LogP contribution >= 0.6 is 0 Å². The highest BCUT2D eigenvalue weighted by molar-refractivity contribution is 5.95. The number of rotatable bonds is 4. The maximum atomic E-state index is 13.1. The van der Waals surface area contributed by atoms with Crippen LogP contribution in [-0.2, 0) is 6.61 Å². The van der Waals surface area contributed by atoms with Crippen LogP contribution in [0.3, 0.4) is 0 Å². The van der Waals surface area contributed by atoms with Gasteiger partial charge in [0.15, 0.2) is 0 Å². The molecule has 4 rings (SSSR count). The highest BCUT2D eigenvalue weighted by atomic mass is 16.5.